The zero-order valence-electron chi connectivity index (χ0n) is 10.2. The van der Waals surface area contributed by atoms with Crippen molar-refractivity contribution in [3.8, 4) is 5.75 Å². The standard InChI is InChI=1S/C12H16N2O4S/c13-9(11(15)16)5-7-1-3-8(4-2-7)18-12(17)10(14)6-19/h1-4,9-10,19H,5-6,13-14H2,(H,15,16)/t9-,10-/m0/s1. The lowest BCUT2D eigenvalue weighted by Crippen LogP contribution is -2.35. The number of hydrogen-bond acceptors (Lipinski definition) is 6. The zero-order chi connectivity index (χ0) is 14.4. The van der Waals surface area contributed by atoms with Gasteiger partial charge in [-0.3, -0.25) is 4.79 Å². The fourth-order valence-electron chi connectivity index (χ4n) is 1.30. The van der Waals surface area contributed by atoms with E-state index in [4.69, 9.17) is 21.3 Å². The Morgan fingerprint density at radius 3 is 2.26 bits per heavy atom. The Hall–Kier alpha value is -1.57. The van der Waals surface area contributed by atoms with Crippen LogP contribution in [-0.4, -0.2) is 34.9 Å². The number of aliphatic carboxylic acids is 1. The summed E-state index contributed by atoms with van der Waals surface area (Å²) >= 11 is 3.90. The van der Waals surface area contributed by atoms with Crippen LogP contribution in [0.2, 0.25) is 0 Å². The Kier molecular flexibility index (Phi) is 5.81. The molecule has 1 aromatic carbocycles. The molecule has 0 aliphatic rings. The van der Waals surface area contributed by atoms with E-state index in [1.54, 1.807) is 24.3 Å². The van der Waals surface area contributed by atoms with Gasteiger partial charge in [0, 0.05) is 5.75 Å². The van der Waals surface area contributed by atoms with Crippen LogP contribution in [0, 0.1) is 0 Å². The first-order valence-electron chi connectivity index (χ1n) is 5.59. The number of rotatable bonds is 6. The summed E-state index contributed by atoms with van der Waals surface area (Å²) in [5, 5.41) is 8.69. The van der Waals surface area contributed by atoms with E-state index in [0.717, 1.165) is 5.56 Å². The minimum Gasteiger partial charge on any atom is -0.480 e. The van der Waals surface area contributed by atoms with Gasteiger partial charge in [0.25, 0.3) is 0 Å². The molecule has 0 saturated carbocycles. The third kappa shape index (κ3) is 4.90. The van der Waals surface area contributed by atoms with Gasteiger partial charge in [-0.05, 0) is 24.1 Å². The molecular formula is C12H16N2O4S. The molecule has 0 unspecified atom stereocenters. The third-order valence-electron chi connectivity index (χ3n) is 2.41. The van der Waals surface area contributed by atoms with E-state index >= 15 is 0 Å². The predicted molar refractivity (Wildman–Crippen MR) is 73.2 cm³/mol. The van der Waals surface area contributed by atoms with Crippen LogP contribution in [0.1, 0.15) is 5.56 Å². The Labute approximate surface area is 116 Å². The molecule has 104 valence electrons. The van der Waals surface area contributed by atoms with Gasteiger partial charge in [-0.2, -0.15) is 12.6 Å². The average molecular weight is 284 g/mol. The van der Waals surface area contributed by atoms with Crippen molar-refractivity contribution < 1.29 is 19.4 Å². The van der Waals surface area contributed by atoms with Crippen molar-refractivity contribution in [1.29, 1.82) is 0 Å². The first kappa shape index (κ1) is 15.5. The zero-order valence-corrected chi connectivity index (χ0v) is 11.0. The number of nitrogens with two attached hydrogens (primary N) is 2. The molecule has 0 aromatic heterocycles. The van der Waals surface area contributed by atoms with Gasteiger partial charge in [0.2, 0.25) is 0 Å². The Balaban J connectivity index is 2.61. The molecule has 0 fully saturated rings. The first-order chi connectivity index (χ1) is 8.93. The number of esters is 1. The van der Waals surface area contributed by atoms with Crippen molar-refractivity contribution in [2.75, 3.05) is 5.75 Å². The van der Waals surface area contributed by atoms with Crippen LogP contribution in [0.15, 0.2) is 24.3 Å². The molecule has 0 heterocycles. The number of carboxylic acids is 1. The third-order valence-corrected chi connectivity index (χ3v) is 2.81. The lowest BCUT2D eigenvalue weighted by Gasteiger charge is -2.10. The van der Waals surface area contributed by atoms with Gasteiger partial charge in [-0.25, -0.2) is 4.79 Å². The van der Waals surface area contributed by atoms with E-state index in [1.165, 1.54) is 0 Å². The maximum atomic E-state index is 11.4. The molecule has 0 radical (unpaired) electrons. The van der Waals surface area contributed by atoms with Crippen LogP contribution in [0.3, 0.4) is 0 Å². The van der Waals surface area contributed by atoms with Gasteiger partial charge < -0.3 is 21.3 Å². The smallest absolute Gasteiger partial charge is 0.329 e. The van der Waals surface area contributed by atoms with Gasteiger partial charge in [-0.15, -0.1) is 0 Å². The Morgan fingerprint density at radius 1 is 1.21 bits per heavy atom. The number of hydrogen-bond donors (Lipinski definition) is 4. The highest BCUT2D eigenvalue weighted by Crippen LogP contribution is 2.14. The summed E-state index contributed by atoms with van der Waals surface area (Å²) in [6.07, 6.45) is 0.208. The Bertz CT molecular complexity index is 450. The van der Waals surface area contributed by atoms with Crippen LogP contribution in [0.5, 0.6) is 5.75 Å². The number of ether oxygens (including phenoxy) is 1. The maximum Gasteiger partial charge on any atom is 0.329 e. The molecule has 1 aromatic rings. The number of carboxylic acid groups (broad SMARTS) is 1. The molecule has 7 heteroatoms. The van der Waals surface area contributed by atoms with E-state index < -0.39 is 24.0 Å². The van der Waals surface area contributed by atoms with Crippen molar-refractivity contribution in [3.63, 3.8) is 0 Å². The van der Waals surface area contributed by atoms with E-state index in [1.807, 2.05) is 0 Å². The topological polar surface area (TPSA) is 116 Å². The van der Waals surface area contributed by atoms with Gasteiger partial charge in [0.1, 0.15) is 17.8 Å². The van der Waals surface area contributed by atoms with E-state index in [0.29, 0.717) is 5.75 Å². The molecule has 0 bridgehead atoms. The van der Waals surface area contributed by atoms with Gasteiger partial charge >= 0.3 is 11.9 Å². The normalized spacial score (nSPS) is 13.6. The number of carbonyl (C=O) groups is 2. The average Bonchev–Trinajstić information content (AvgIpc) is 2.39. The second kappa shape index (κ2) is 7.13. The molecule has 1 rings (SSSR count). The lowest BCUT2D eigenvalue weighted by molar-refractivity contribution is -0.138. The van der Waals surface area contributed by atoms with Crippen LogP contribution in [0.25, 0.3) is 0 Å². The summed E-state index contributed by atoms with van der Waals surface area (Å²) in [6.45, 7) is 0. The second-order valence-corrected chi connectivity index (χ2v) is 4.37. The van der Waals surface area contributed by atoms with Crippen LogP contribution < -0.4 is 16.2 Å². The SMILES string of the molecule is N[C@@H](Cc1ccc(OC(=O)[C@@H](N)CS)cc1)C(=O)O. The van der Waals surface area contributed by atoms with E-state index in [-0.39, 0.29) is 12.2 Å². The number of carbonyl (C=O) groups excluding carboxylic acids is 1. The van der Waals surface area contributed by atoms with Crippen molar-refractivity contribution in [2.45, 2.75) is 18.5 Å². The summed E-state index contributed by atoms with van der Waals surface area (Å²) in [6, 6.07) is 4.70. The van der Waals surface area contributed by atoms with Crippen molar-refractivity contribution in [3.05, 3.63) is 29.8 Å². The highest BCUT2D eigenvalue weighted by Gasteiger charge is 2.15. The second-order valence-electron chi connectivity index (χ2n) is 4.00. The maximum absolute atomic E-state index is 11.4. The molecule has 0 aliphatic carbocycles. The van der Waals surface area contributed by atoms with Crippen LogP contribution in [-0.2, 0) is 16.0 Å². The van der Waals surface area contributed by atoms with Gasteiger partial charge in [0.05, 0.1) is 0 Å². The van der Waals surface area contributed by atoms with E-state index in [9.17, 15) is 9.59 Å². The summed E-state index contributed by atoms with van der Waals surface area (Å²) in [7, 11) is 0. The largest absolute Gasteiger partial charge is 0.480 e. The van der Waals surface area contributed by atoms with Crippen molar-refractivity contribution >= 4 is 24.6 Å². The molecule has 2 atom stereocenters. The molecule has 19 heavy (non-hydrogen) atoms. The minimum atomic E-state index is -1.06. The molecule has 6 nitrogen and oxygen atoms in total. The molecule has 0 saturated heterocycles. The van der Waals surface area contributed by atoms with E-state index in [2.05, 4.69) is 12.6 Å². The number of benzene rings is 1. The first-order valence-corrected chi connectivity index (χ1v) is 6.22. The Morgan fingerprint density at radius 2 is 1.79 bits per heavy atom. The molecule has 5 N–H and O–H groups in total. The van der Waals surface area contributed by atoms with Crippen LogP contribution in [0.4, 0.5) is 0 Å². The summed E-state index contributed by atoms with van der Waals surface area (Å²) in [4.78, 5) is 22.0. The summed E-state index contributed by atoms with van der Waals surface area (Å²) in [5.74, 6) is -1.08. The summed E-state index contributed by atoms with van der Waals surface area (Å²) < 4.78 is 5.01. The lowest BCUT2D eigenvalue weighted by atomic mass is 10.1. The fourth-order valence-corrected chi connectivity index (χ4v) is 1.45. The van der Waals surface area contributed by atoms with Gasteiger partial charge in [0.15, 0.2) is 0 Å². The fraction of sp³-hybridized carbons (Fsp3) is 0.333. The highest BCUT2D eigenvalue weighted by molar-refractivity contribution is 7.80. The molecular weight excluding hydrogens is 268 g/mol. The highest BCUT2D eigenvalue weighted by atomic mass is 32.1. The quantitative estimate of drug-likeness (QED) is 0.327. The van der Waals surface area contributed by atoms with Crippen LogP contribution >= 0.6 is 12.6 Å². The predicted octanol–water partition coefficient (Wildman–Crippen LogP) is -0.196. The molecule has 0 spiro atoms. The minimum absolute atomic E-state index is 0.199. The van der Waals surface area contributed by atoms with Gasteiger partial charge in [-0.1, -0.05) is 12.1 Å². The monoisotopic (exact) mass is 284 g/mol. The molecule has 0 aliphatic heterocycles. The van der Waals surface area contributed by atoms with Crippen molar-refractivity contribution in [1.82, 2.24) is 0 Å². The molecule has 0 amide bonds. The summed E-state index contributed by atoms with van der Waals surface area (Å²) in [5.41, 5.74) is 11.6. The van der Waals surface area contributed by atoms with Crippen molar-refractivity contribution in [2.24, 2.45) is 11.5 Å². The number of thiol groups is 1.